The van der Waals surface area contributed by atoms with Crippen molar-refractivity contribution in [2.24, 2.45) is 0 Å². The van der Waals surface area contributed by atoms with Crippen LogP contribution in [0.2, 0.25) is 0 Å². The summed E-state index contributed by atoms with van der Waals surface area (Å²) < 4.78 is 17.0. The molecular formula is C24H17N3O5. The SMILES string of the molecule is O=c1cc(-c2ccc(O)cc2)oc2cc(OCCc3noc(-c4ccncc4)n3)ccc12. The summed E-state index contributed by atoms with van der Waals surface area (Å²) in [5, 5.41) is 13.9. The van der Waals surface area contributed by atoms with Crippen molar-refractivity contribution >= 4 is 11.0 Å². The van der Waals surface area contributed by atoms with Crippen molar-refractivity contribution in [3.63, 3.8) is 0 Å². The van der Waals surface area contributed by atoms with Crippen LogP contribution in [0.15, 0.2) is 86.8 Å². The van der Waals surface area contributed by atoms with E-state index in [4.69, 9.17) is 13.7 Å². The van der Waals surface area contributed by atoms with Gasteiger partial charge in [0.05, 0.1) is 12.0 Å². The summed E-state index contributed by atoms with van der Waals surface area (Å²) in [4.78, 5) is 20.8. The molecule has 32 heavy (non-hydrogen) atoms. The quantitative estimate of drug-likeness (QED) is 0.428. The van der Waals surface area contributed by atoms with Gasteiger partial charge in [-0.1, -0.05) is 5.16 Å². The fourth-order valence-electron chi connectivity index (χ4n) is 3.22. The van der Waals surface area contributed by atoms with Gasteiger partial charge in [-0.25, -0.2) is 0 Å². The molecule has 0 fully saturated rings. The minimum absolute atomic E-state index is 0.141. The molecule has 3 aromatic heterocycles. The molecule has 8 heteroatoms. The Bertz CT molecular complexity index is 1430. The van der Waals surface area contributed by atoms with Gasteiger partial charge in [-0.15, -0.1) is 0 Å². The Morgan fingerprint density at radius 3 is 2.56 bits per heavy atom. The fraction of sp³-hybridized carbons (Fsp3) is 0.0833. The van der Waals surface area contributed by atoms with Gasteiger partial charge in [0.15, 0.2) is 11.3 Å². The van der Waals surface area contributed by atoms with Crippen LogP contribution in [0.1, 0.15) is 5.82 Å². The minimum Gasteiger partial charge on any atom is -0.508 e. The number of pyridine rings is 1. The van der Waals surface area contributed by atoms with Crippen LogP contribution in [-0.2, 0) is 6.42 Å². The predicted octanol–water partition coefficient (Wildman–Crippen LogP) is 4.23. The number of rotatable bonds is 6. The highest BCUT2D eigenvalue weighted by Crippen LogP contribution is 2.26. The Morgan fingerprint density at radius 1 is 0.938 bits per heavy atom. The molecule has 3 heterocycles. The lowest BCUT2D eigenvalue weighted by Gasteiger charge is -2.07. The fourth-order valence-corrected chi connectivity index (χ4v) is 3.22. The Balaban J connectivity index is 1.31. The van der Waals surface area contributed by atoms with Crippen LogP contribution in [0.25, 0.3) is 33.7 Å². The first-order valence-corrected chi connectivity index (χ1v) is 9.89. The van der Waals surface area contributed by atoms with E-state index in [2.05, 4.69) is 15.1 Å². The molecule has 8 nitrogen and oxygen atoms in total. The van der Waals surface area contributed by atoms with Crippen LogP contribution < -0.4 is 10.2 Å². The van der Waals surface area contributed by atoms with Gasteiger partial charge in [-0.05, 0) is 48.5 Å². The molecule has 0 spiro atoms. The Labute approximate surface area is 181 Å². The van der Waals surface area contributed by atoms with E-state index < -0.39 is 0 Å². The molecule has 5 aromatic rings. The number of ether oxygens (including phenoxy) is 1. The predicted molar refractivity (Wildman–Crippen MR) is 116 cm³/mol. The molecule has 0 radical (unpaired) electrons. The van der Waals surface area contributed by atoms with Crippen LogP contribution >= 0.6 is 0 Å². The third-order valence-electron chi connectivity index (χ3n) is 4.84. The van der Waals surface area contributed by atoms with E-state index in [0.29, 0.717) is 52.8 Å². The number of aromatic hydroxyl groups is 1. The molecule has 5 rings (SSSR count). The maximum absolute atomic E-state index is 12.5. The van der Waals surface area contributed by atoms with Crippen molar-refractivity contribution < 1.29 is 18.8 Å². The second-order valence-electron chi connectivity index (χ2n) is 7.03. The molecule has 0 aliphatic heterocycles. The van der Waals surface area contributed by atoms with E-state index in [0.717, 1.165) is 5.56 Å². The summed E-state index contributed by atoms with van der Waals surface area (Å²) in [7, 11) is 0. The van der Waals surface area contributed by atoms with Gasteiger partial charge in [-0.3, -0.25) is 9.78 Å². The van der Waals surface area contributed by atoms with Crippen LogP contribution in [0, 0.1) is 0 Å². The summed E-state index contributed by atoms with van der Waals surface area (Å²) in [5.74, 6) is 2.06. The molecule has 0 atom stereocenters. The molecular weight excluding hydrogens is 410 g/mol. The first-order chi connectivity index (χ1) is 15.7. The van der Waals surface area contributed by atoms with Crippen molar-refractivity contribution in [3.8, 4) is 34.3 Å². The molecule has 158 valence electrons. The number of phenols is 1. The van der Waals surface area contributed by atoms with Crippen molar-refractivity contribution in [2.45, 2.75) is 6.42 Å². The van der Waals surface area contributed by atoms with Gasteiger partial charge >= 0.3 is 0 Å². The summed E-state index contributed by atoms with van der Waals surface area (Å²) in [6.07, 6.45) is 3.77. The van der Waals surface area contributed by atoms with Crippen molar-refractivity contribution in [3.05, 3.63) is 89.1 Å². The number of hydrogen-bond donors (Lipinski definition) is 1. The molecule has 1 N–H and O–H groups in total. The maximum Gasteiger partial charge on any atom is 0.258 e. The third-order valence-corrected chi connectivity index (χ3v) is 4.84. The number of benzene rings is 2. The molecule has 0 aliphatic rings. The monoisotopic (exact) mass is 427 g/mol. The zero-order valence-electron chi connectivity index (χ0n) is 16.8. The van der Waals surface area contributed by atoms with Gasteiger partial charge in [-0.2, -0.15) is 4.98 Å². The van der Waals surface area contributed by atoms with E-state index in [1.807, 2.05) is 0 Å². The molecule has 0 unspecified atom stereocenters. The van der Waals surface area contributed by atoms with Crippen molar-refractivity contribution in [1.29, 1.82) is 0 Å². The minimum atomic E-state index is -0.156. The first-order valence-electron chi connectivity index (χ1n) is 9.89. The lowest BCUT2D eigenvalue weighted by atomic mass is 10.1. The van der Waals surface area contributed by atoms with E-state index in [1.165, 1.54) is 18.2 Å². The number of hydrogen-bond acceptors (Lipinski definition) is 8. The third kappa shape index (κ3) is 4.06. The number of phenolic OH excluding ortho intramolecular Hbond substituents is 1. The smallest absolute Gasteiger partial charge is 0.258 e. The van der Waals surface area contributed by atoms with Crippen LogP contribution in [0.5, 0.6) is 11.5 Å². The molecule has 0 bridgehead atoms. The highest BCUT2D eigenvalue weighted by Gasteiger charge is 2.11. The summed E-state index contributed by atoms with van der Waals surface area (Å²) in [5.41, 5.74) is 1.75. The lowest BCUT2D eigenvalue weighted by molar-refractivity contribution is 0.315. The average molecular weight is 427 g/mol. The number of nitrogens with zero attached hydrogens (tertiary/aromatic N) is 3. The molecule has 0 amide bonds. The van der Waals surface area contributed by atoms with E-state index in [9.17, 15) is 9.90 Å². The Morgan fingerprint density at radius 2 is 1.75 bits per heavy atom. The number of fused-ring (bicyclic) bond motifs is 1. The number of aromatic nitrogens is 3. The molecule has 2 aromatic carbocycles. The highest BCUT2D eigenvalue weighted by atomic mass is 16.5. The first kappa shape index (κ1) is 19.5. The van der Waals surface area contributed by atoms with Crippen LogP contribution in [0.4, 0.5) is 0 Å². The molecule has 0 saturated heterocycles. The van der Waals surface area contributed by atoms with Gasteiger partial charge < -0.3 is 18.8 Å². The van der Waals surface area contributed by atoms with Gasteiger partial charge in [0, 0.05) is 42.1 Å². The molecule has 0 aliphatic carbocycles. The topological polar surface area (TPSA) is 111 Å². The van der Waals surface area contributed by atoms with Gasteiger partial charge in [0.2, 0.25) is 0 Å². The van der Waals surface area contributed by atoms with Crippen molar-refractivity contribution in [2.75, 3.05) is 6.61 Å². The van der Waals surface area contributed by atoms with E-state index in [-0.39, 0.29) is 11.2 Å². The largest absolute Gasteiger partial charge is 0.508 e. The maximum atomic E-state index is 12.5. The van der Waals surface area contributed by atoms with Gasteiger partial charge in [0.1, 0.15) is 22.8 Å². The second-order valence-corrected chi connectivity index (χ2v) is 7.03. The average Bonchev–Trinajstić information content (AvgIpc) is 3.29. The zero-order chi connectivity index (χ0) is 21.9. The van der Waals surface area contributed by atoms with Crippen LogP contribution in [-0.4, -0.2) is 26.8 Å². The van der Waals surface area contributed by atoms with Crippen LogP contribution in [0.3, 0.4) is 0 Å². The Hall–Kier alpha value is -4.46. The standard InChI is InChI=1S/C24H17N3O5/c28-17-3-1-15(2-4-17)21-14-20(29)19-6-5-18(13-22(19)31-21)30-12-9-23-26-24(32-27-23)16-7-10-25-11-8-16/h1-8,10-11,13-14,28H,9,12H2. The van der Waals surface area contributed by atoms with Gasteiger partial charge in [0.25, 0.3) is 5.89 Å². The normalized spacial score (nSPS) is 11.0. The van der Waals surface area contributed by atoms with Crippen molar-refractivity contribution in [1.82, 2.24) is 15.1 Å². The second kappa shape index (κ2) is 8.35. The zero-order valence-corrected chi connectivity index (χ0v) is 16.8. The summed E-state index contributed by atoms with van der Waals surface area (Å²) in [6, 6.07) is 16.5. The lowest BCUT2D eigenvalue weighted by Crippen LogP contribution is -2.04. The Kier molecular flexibility index (Phi) is 5.09. The van der Waals surface area contributed by atoms with E-state index >= 15 is 0 Å². The molecule has 0 saturated carbocycles. The summed E-state index contributed by atoms with van der Waals surface area (Å²) >= 11 is 0. The summed E-state index contributed by atoms with van der Waals surface area (Å²) in [6.45, 7) is 0.322. The van der Waals surface area contributed by atoms with E-state index in [1.54, 1.807) is 54.9 Å². The highest BCUT2D eigenvalue weighted by molar-refractivity contribution is 5.80.